The number of hydrogen-bond donors (Lipinski definition) is 1. The zero-order chi connectivity index (χ0) is 14.7. The lowest BCUT2D eigenvalue weighted by atomic mass is 10.00. The number of aryl methyl sites for hydroxylation is 1. The first-order valence-corrected chi connectivity index (χ1v) is 6.40. The lowest BCUT2D eigenvalue weighted by Crippen LogP contribution is -2.14. The molecule has 1 aliphatic heterocycles. The lowest BCUT2D eigenvalue weighted by Gasteiger charge is -2.15. The summed E-state index contributed by atoms with van der Waals surface area (Å²) in [6.07, 6.45) is 3.49. The molecular formula is C15H15ClN4. The Balaban J connectivity index is 2.60. The summed E-state index contributed by atoms with van der Waals surface area (Å²) in [5.74, 6) is 0. The minimum Gasteiger partial charge on any atom is -0.399 e. The van der Waals surface area contributed by atoms with Gasteiger partial charge in [0.1, 0.15) is 5.71 Å². The summed E-state index contributed by atoms with van der Waals surface area (Å²) in [7, 11) is 1.66. The molecule has 1 aromatic rings. The van der Waals surface area contributed by atoms with Gasteiger partial charge in [0.05, 0.1) is 5.70 Å². The van der Waals surface area contributed by atoms with Crippen LogP contribution in [-0.4, -0.2) is 24.6 Å². The largest absolute Gasteiger partial charge is 0.399 e. The number of benzene rings is 1. The van der Waals surface area contributed by atoms with Gasteiger partial charge in [0.2, 0.25) is 0 Å². The van der Waals surface area contributed by atoms with E-state index in [0.29, 0.717) is 16.6 Å². The highest BCUT2D eigenvalue weighted by atomic mass is 35.5. The van der Waals surface area contributed by atoms with Gasteiger partial charge in [0, 0.05) is 30.1 Å². The van der Waals surface area contributed by atoms with Crippen LogP contribution in [0.25, 0.3) is 5.70 Å². The summed E-state index contributed by atoms with van der Waals surface area (Å²) in [6.45, 7) is 5.46. The van der Waals surface area contributed by atoms with E-state index in [1.807, 2.05) is 31.2 Å². The third-order valence-corrected chi connectivity index (χ3v) is 3.23. The molecule has 0 saturated heterocycles. The summed E-state index contributed by atoms with van der Waals surface area (Å²) in [6, 6.07) is 5.68. The number of nitrogens with zero attached hydrogens (tertiary/aromatic N) is 3. The van der Waals surface area contributed by atoms with E-state index in [2.05, 4.69) is 21.7 Å². The molecule has 5 heteroatoms. The van der Waals surface area contributed by atoms with Crippen molar-refractivity contribution in [2.75, 3.05) is 12.8 Å². The molecule has 0 unspecified atom stereocenters. The molecule has 0 saturated carbocycles. The van der Waals surface area contributed by atoms with Crippen molar-refractivity contribution in [3.63, 3.8) is 0 Å². The summed E-state index contributed by atoms with van der Waals surface area (Å²) in [5.41, 5.74) is 10.6. The van der Waals surface area contributed by atoms with E-state index in [-0.39, 0.29) is 0 Å². The molecule has 0 aliphatic carbocycles. The summed E-state index contributed by atoms with van der Waals surface area (Å²) >= 11 is 6.19. The molecule has 0 atom stereocenters. The van der Waals surface area contributed by atoms with Crippen LogP contribution in [0.5, 0.6) is 0 Å². The van der Waals surface area contributed by atoms with Crippen LogP contribution < -0.4 is 5.73 Å². The number of halogens is 1. The predicted molar refractivity (Wildman–Crippen MR) is 87.8 cm³/mol. The molecule has 1 aromatic carbocycles. The maximum absolute atomic E-state index is 6.19. The number of allylic oxidation sites excluding steroid dienone is 2. The van der Waals surface area contributed by atoms with E-state index in [9.17, 15) is 0 Å². The Morgan fingerprint density at radius 3 is 2.80 bits per heavy atom. The molecule has 0 fully saturated rings. The first kappa shape index (κ1) is 14.2. The third-order valence-electron chi connectivity index (χ3n) is 2.97. The number of nitrogen functional groups attached to an aromatic ring is 1. The van der Waals surface area contributed by atoms with Gasteiger partial charge in [-0.2, -0.15) is 0 Å². The molecule has 2 N–H and O–H groups in total. The average molecular weight is 287 g/mol. The molecule has 4 nitrogen and oxygen atoms in total. The first-order valence-electron chi connectivity index (χ1n) is 6.02. The van der Waals surface area contributed by atoms with Crippen molar-refractivity contribution in [1.29, 1.82) is 0 Å². The van der Waals surface area contributed by atoms with Gasteiger partial charge in [-0.25, -0.2) is 4.99 Å². The molecule has 1 aliphatic rings. The quantitative estimate of drug-likeness (QED) is 0.658. The monoisotopic (exact) mass is 286 g/mol. The van der Waals surface area contributed by atoms with E-state index in [1.165, 1.54) is 0 Å². The van der Waals surface area contributed by atoms with Gasteiger partial charge in [0.15, 0.2) is 5.17 Å². The Hall–Kier alpha value is -2.20. The molecule has 0 radical (unpaired) electrons. The maximum Gasteiger partial charge on any atom is 0.155 e. The SMILES string of the molecule is C=N/C=C1/C=C(c2cc(N)ccc2C)N=C(Cl)/C1=N/C. The van der Waals surface area contributed by atoms with E-state index in [4.69, 9.17) is 17.3 Å². The Morgan fingerprint density at radius 2 is 2.15 bits per heavy atom. The number of nitrogens with two attached hydrogens (primary N) is 1. The second-order valence-corrected chi connectivity index (χ2v) is 4.70. The van der Waals surface area contributed by atoms with Crippen molar-refractivity contribution in [3.05, 3.63) is 47.2 Å². The molecule has 0 amide bonds. The average Bonchev–Trinajstić information content (AvgIpc) is 2.41. The minimum atomic E-state index is 0.335. The van der Waals surface area contributed by atoms with Crippen LogP contribution in [0.1, 0.15) is 11.1 Å². The van der Waals surface area contributed by atoms with Crippen molar-refractivity contribution < 1.29 is 0 Å². The van der Waals surface area contributed by atoms with Crippen LogP contribution in [0.3, 0.4) is 0 Å². The van der Waals surface area contributed by atoms with Crippen LogP contribution in [0.15, 0.2) is 51.0 Å². The van der Waals surface area contributed by atoms with Gasteiger partial charge >= 0.3 is 0 Å². The number of anilines is 1. The van der Waals surface area contributed by atoms with Gasteiger partial charge in [-0.1, -0.05) is 17.7 Å². The van der Waals surface area contributed by atoms with Crippen molar-refractivity contribution in [3.8, 4) is 0 Å². The molecular weight excluding hydrogens is 272 g/mol. The summed E-state index contributed by atoms with van der Waals surface area (Å²) in [5, 5.41) is 0.335. The number of rotatable bonds is 2. The van der Waals surface area contributed by atoms with E-state index < -0.39 is 0 Å². The Morgan fingerprint density at radius 1 is 1.40 bits per heavy atom. The second kappa shape index (κ2) is 5.84. The van der Waals surface area contributed by atoms with Gasteiger partial charge in [0.25, 0.3) is 0 Å². The van der Waals surface area contributed by atoms with Gasteiger partial charge in [-0.05, 0) is 37.4 Å². The van der Waals surface area contributed by atoms with Gasteiger partial charge in [-0.3, -0.25) is 9.98 Å². The molecule has 0 aromatic heterocycles. The van der Waals surface area contributed by atoms with E-state index >= 15 is 0 Å². The van der Waals surface area contributed by atoms with Crippen molar-refractivity contribution in [1.82, 2.24) is 0 Å². The van der Waals surface area contributed by atoms with Crippen LogP contribution in [0, 0.1) is 6.92 Å². The Labute approximate surface area is 123 Å². The zero-order valence-electron chi connectivity index (χ0n) is 11.4. The van der Waals surface area contributed by atoms with E-state index in [0.717, 1.165) is 22.4 Å². The smallest absolute Gasteiger partial charge is 0.155 e. The first-order chi connectivity index (χ1) is 9.56. The number of aliphatic imine (C=N–C) groups is 3. The fourth-order valence-corrected chi connectivity index (χ4v) is 2.28. The Bertz CT molecular complexity index is 681. The fraction of sp³-hybridized carbons (Fsp3) is 0.133. The maximum atomic E-state index is 6.19. The van der Waals surface area contributed by atoms with Crippen molar-refractivity contribution in [2.24, 2.45) is 15.0 Å². The normalized spacial score (nSPS) is 18.9. The summed E-state index contributed by atoms with van der Waals surface area (Å²) in [4.78, 5) is 12.3. The third kappa shape index (κ3) is 2.70. The highest BCUT2D eigenvalue weighted by Gasteiger charge is 2.18. The van der Waals surface area contributed by atoms with Crippen LogP contribution in [0.2, 0.25) is 0 Å². The topological polar surface area (TPSA) is 63.1 Å². The highest BCUT2D eigenvalue weighted by Crippen LogP contribution is 2.28. The molecule has 0 bridgehead atoms. The zero-order valence-corrected chi connectivity index (χ0v) is 12.1. The highest BCUT2D eigenvalue weighted by molar-refractivity contribution is 6.86. The standard InChI is InChI=1S/C15H15ClN4/c1-9-4-5-11(17)7-12(9)13-6-10(8-18-2)14(19-3)15(16)20-13/h4-8H,2,17H2,1,3H3/b10-8-,19-14+. The van der Waals surface area contributed by atoms with Crippen molar-refractivity contribution >= 4 is 40.6 Å². The van der Waals surface area contributed by atoms with Crippen LogP contribution in [0.4, 0.5) is 5.69 Å². The summed E-state index contributed by atoms with van der Waals surface area (Å²) < 4.78 is 0. The van der Waals surface area contributed by atoms with Crippen LogP contribution in [-0.2, 0) is 0 Å². The van der Waals surface area contributed by atoms with Gasteiger partial charge in [-0.15, -0.1) is 0 Å². The van der Waals surface area contributed by atoms with E-state index in [1.54, 1.807) is 13.2 Å². The molecule has 102 valence electrons. The van der Waals surface area contributed by atoms with Gasteiger partial charge < -0.3 is 5.73 Å². The fourth-order valence-electron chi connectivity index (χ4n) is 2.00. The molecule has 2 rings (SSSR count). The second-order valence-electron chi connectivity index (χ2n) is 4.35. The molecule has 0 spiro atoms. The minimum absolute atomic E-state index is 0.335. The molecule has 1 heterocycles. The Kier molecular flexibility index (Phi) is 4.15. The number of hydrogen-bond acceptors (Lipinski definition) is 4. The predicted octanol–water partition coefficient (Wildman–Crippen LogP) is 3.22. The lowest BCUT2D eigenvalue weighted by molar-refractivity contribution is 1.37. The van der Waals surface area contributed by atoms with Crippen LogP contribution >= 0.6 is 11.6 Å². The molecule has 20 heavy (non-hydrogen) atoms. The van der Waals surface area contributed by atoms with Crippen molar-refractivity contribution in [2.45, 2.75) is 6.92 Å².